The number of nitrogens with two attached hydrogens (primary N) is 1. The van der Waals surface area contributed by atoms with Crippen molar-refractivity contribution in [3.05, 3.63) is 52.9 Å². The highest BCUT2D eigenvalue weighted by molar-refractivity contribution is 8.08. The summed E-state index contributed by atoms with van der Waals surface area (Å²) in [5.74, 6) is 4.86. The largest absolute Gasteiger partial charge is 0.494 e. The van der Waals surface area contributed by atoms with Gasteiger partial charge in [0.15, 0.2) is 0 Å². The lowest BCUT2D eigenvalue weighted by molar-refractivity contribution is 0.314. The number of nitrogens with one attached hydrogen (secondary N) is 1. The lowest BCUT2D eigenvalue weighted by Crippen LogP contribution is -2.31. The summed E-state index contributed by atoms with van der Waals surface area (Å²) in [7, 11) is -2.70. The second-order valence-corrected chi connectivity index (χ2v) is 8.90. The molecule has 0 amide bonds. The molecule has 3 N–H and O–H groups in total. The highest BCUT2D eigenvalue weighted by Crippen LogP contribution is 2.30. The molecule has 140 valence electrons. The summed E-state index contributed by atoms with van der Waals surface area (Å²) in [6.45, 7) is 1.14. The Morgan fingerprint density at radius 3 is 2.96 bits per heavy atom. The molecule has 2 aromatic carbocycles. The number of benzene rings is 2. The van der Waals surface area contributed by atoms with Crippen LogP contribution in [0.3, 0.4) is 0 Å². The minimum absolute atomic E-state index is 0.551. The molecule has 0 fully saturated rings. The van der Waals surface area contributed by atoms with Crippen molar-refractivity contribution >= 4 is 37.3 Å². The zero-order chi connectivity index (χ0) is 18.9. The highest BCUT2D eigenvalue weighted by atomic mass is 32.2. The Balaban J connectivity index is 1.84. The lowest BCUT2D eigenvalue weighted by Gasteiger charge is -2.15. The third kappa shape index (κ3) is 3.26. The van der Waals surface area contributed by atoms with Gasteiger partial charge in [0.2, 0.25) is 0 Å². The maximum atomic E-state index is 13.9. The van der Waals surface area contributed by atoms with E-state index in [9.17, 15) is 4.21 Å². The van der Waals surface area contributed by atoms with Crippen LogP contribution in [0.1, 0.15) is 19.3 Å². The fraction of sp³-hybridized carbons (Fsp3) is 0.238. The summed E-state index contributed by atoms with van der Waals surface area (Å²) in [5.41, 5.74) is 6.28. The van der Waals surface area contributed by atoms with Crippen molar-refractivity contribution in [2.75, 3.05) is 13.2 Å². The Bertz CT molecular complexity index is 1210. The maximum Gasteiger partial charge on any atom is 0.125 e. The van der Waals surface area contributed by atoms with E-state index in [1.165, 1.54) is 0 Å². The Labute approximate surface area is 158 Å². The first-order chi connectivity index (χ1) is 13.1. The number of rotatable bonds is 6. The van der Waals surface area contributed by atoms with Crippen molar-refractivity contribution < 1.29 is 8.95 Å². The molecule has 1 atom stereocenters. The van der Waals surface area contributed by atoms with Crippen LogP contribution in [0.15, 0.2) is 47.5 Å². The van der Waals surface area contributed by atoms with E-state index in [0.717, 1.165) is 51.3 Å². The Kier molecular flexibility index (Phi) is 4.76. The van der Waals surface area contributed by atoms with Gasteiger partial charge in [-0.3, -0.25) is 9.31 Å². The van der Waals surface area contributed by atoms with Crippen molar-refractivity contribution in [2.24, 2.45) is 5.73 Å². The van der Waals surface area contributed by atoms with Gasteiger partial charge in [0.25, 0.3) is 0 Å². The summed E-state index contributed by atoms with van der Waals surface area (Å²) < 4.78 is 19.6. The molecule has 3 aromatic rings. The summed E-state index contributed by atoms with van der Waals surface area (Å²) in [4.78, 5) is 0.876. The predicted octanol–water partition coefficient (Wildman–Crippen LogP) is 1.75. The van der Waals surface area contributed by atoms with Crippen molar-refractivity contribution in [1.29, 1.82) is 0 Å². The molecule has 0 aliphatic heterocycles. The normalized spacial score (nSPS) is 15.8. The number of hydrogen-bond donors (Lipinski definition) is 2. The Morgan fingerprint density at radius 1 is 1.26 bits per heavy atom. The summed E-state index contributed by atoms with van der Waals surface area (Å²) in [5, 5.41) is 10.8. The van der Waals surface area contributed by atoms with Gasteiger partial charge in [0.05, 0.1) is 12.1 Å². The van der Waals surface area contributed by atoms with Crippen LogP contribution in [0.25, 0.3) is 21.9 Å². The molecule has 0 saturated heterocycles. The number of aromatic amines is 1. The Morgan fingerprint density at radius 2 is 2.11 bits per heavy atom. The van der Waals surface area contributed by atoms with Gasteiger partial charge in [-0.05, 0) is 60.3 Å². The molecule has 27 heavy (non-hydrogen) atoms. The molecule has 5 nitrogen and oxygen atoms in total. The third-order valence-corrected chi connectivity index (χ3v) is 7.02. The zero-order valence-corrected chi connectivity index (χ0v) is 15.9. The van der Waals surface area contributed by atoms with Crippen LogP contribution in [0.4, 0.5) is 0 Å². The van der Waals surface area contributed by atoms with Gasteiger partial charge >= 0.3 is 0 Å². The Hall–Kier alpha value is -2.57. The van der Waals surface area contributed by atoms with Crippen molar-refractivity contribution in [3.8, 4) is 5.75 Å². The fourth-order valence-electron chi connectivity index (χ4n) is 3.47. The van der Waals surface area contributed by atoms with Crippen molar-refractivity contribution in [3.63, 3.8) is 0 Å². The number of ether oxygens (including phenoxy) is 1. The van der Waals surface area contributed by atoms with Gasteiger partial charge in [-0.25, -0.2) is 0 Å². The maximum absolute atomic E-state index is 13.9. The second-order valence-electron chi connectivity index (χ2n) is 6.65. The highest BCUT2D eigenvalue weighted by Gasteiger charge is 2.21. The number of aromatic nitrogens is 2. The van der Waals surface area contributed by atoms with Crippen LogP contribution in [0.5, 0.6) is 5.75 Å². The summed E-state index contributed by atoms with van der Waals surface area (Å²) in [6.07, 6.45) is 4.56. The van der Waals surface area contributed by atoms with Gasteiger partial charge < -0.3 is 10.5 Å². The smallest absolute Gasteiger partial charge is 0.125 e. The van der Waals surface area contributed by atoms with Crippen LogP contribution in [0.2, 0.25) is 0 Å². The summed E-state index contributed by atoms with van der Waals surface area (Å²) in [6, 6.07) is 13.7. The van der Waals surface area contributed by atoms with Gasteiger partial charge in [0.1, 0.15) is 10.8 Å². The van der Waals surface area contributed by atoms with E-state index in [4.69, 9.17) is 10.5 Å². The fourth-order valence-corrected chi connectivity index (χ4v) is 5.42. The topological polar surface area (TPSA) is 81.0 Å². The number of hydrogen-bond acceptors (Lipinski definition) is 4. The van der Waals surface area contributed by atoms with E-state index in [2.05, 4.69) is 28.2 Å². The van der Waals surface area contributed by atoms with Crippen LogP contribution < -0.4 is 20.9 Å². The second kappa shape index (κ2) is 7.21. The van der Waals surface area contributed by atoms with Crippen LogP contribution >= 0.6 is 0 Å². The molecule has 0 bridgehead atoms. The van der Waals surface area contributed by atoms with E-state index in [-0.39, 0.29) is 0 Å². The van der Waals surface area contributed by atoms with E-state index in [1.54, 1.807) is 0 Å². The lowest BCUT2D eigenvalue weighted by atomic mass is 10.1. The molecule has 6 heteroatoms. The zero-order valence-electron chi connectivity index (χ0n) is 15.1. The minimum atomic E-state index is -2.70. The van der Waals surface area contributed by atoms with Crippen LogP contribution in [-0.2, 0) is 9.52 Å². The predicted molar refractivity (Wildman–Crippen MR) is 112 cm³/mol. The third-order valence-electron chi connectivity index (χ3n) is 4.83. The average molecular weight is 382 g/mol. The van der Waals surface area contributed by atoms with Gasteiger partial charge in [-0.2, -0.15) is 5.10 Å². The van der Waals surface area contributed by atoms with Crippen LogP contribution in [-0.4, -0.2) is 33.4 Å². The first-order valence-corrected chi connectivity index (χ1v) is 10.8. The number of H-pyrrole nitrogens is 1. The molecular weight excluding hydrogens is 358 g/mol. The van der Waals surface area contributed by atoms with Gasteiger partial charge in [0, 0.05) is 19.8 Å². The minimum Gasteiger partial charge on any atom is -0.494 e. The van der Waals surface area contributed by atoms with E-state index in [1.807, 2.05) is 36.4 Å². The van der Waals surface area contributed by atoms with Crippen molar-refractivity contribution in [2.45, 2.75) is 24.3 Å². The molecule has 0 spiro atoms. The molecule has 1 aromatic heterocycles. The van der Waals surface area contributed by atoms with Crippen LogP contribution in [0, 0.1) is 0 Å². The molecule has 1 unspecified atom stereocenters. The van der Waals surface area contributed by atoms with E-state index in [0.29, 0.717) is 18.2 Å². The average Bonchev–Trinajstić information content (AvgIpc) is 3.12. The van der Waals surface area contributed by atoms with Gasteiger partial charge in [-0.15, -0.1) is 0 Å². The standard InChI is InChI=1S/C21H23N3O2S/c1-27(25,20-9-4-7-15-6-2-3-8-17(15)20)21-18-14-16(26-13-5-12-22)10-11-19(18)23-24-21/h2-3,6-8,10-11,14H,1,4-5,9,12-13,22H2,(H,23,24). The number of nitrogens with zero attached hydrogens (tertiary/aromatic N) is 1. The molecule has 1 aliphatic rings. The number of fused-ring (bicyclic) bond motifs is 2. The molecule has 1 aliphatic carbocycles. The quantitative estimate of drug-likeness (QED) is 0.503. The molecular formula is C21H23N3O2S. The van der Waals surface area contributed by atoms with E-state index < -0.39 is 9.52 Å². The molecule has 0 saturated carbocycles. The molecule has 0 radical (unpaired) electrons. The SMILES string of the molecule is C=S(=O)(C1=c2ccccc2=CCC1)c1[nH]nc2ccc(OCCCN)cc12. The van der Waals surface area contributed by atoms with E-state index >= 15 is 0 Å². The summed E-state index contributed by atoms with van der Waals surface area (Å²) >= 11 is 0. The van der Waals surface area contributed by atoms with Gasteiger partial charge in [-0.1, -0.05) is 30.3 Å². The first kappa shape index (κ1) is 17.8. The van der Waals surface area contributed by atoms with Crippen molar-refractivity contribution in [1.82, 2.24) is 10.2 Å². The molecule has 4 rings (SSSR count). The monoisotopic (exact) mass is 381 g/mol. The molecule has 1 heterocycles. The first-order valence-electron chi connectivity index (χ1n) is 9.08.